The summed E-state index contributed by atoms with van der Waals surface area (Å²) in [6.45, 7) is 3.60. The van der Waals surface area contributed by atoms with Gasteiger partial charge in [-0.25, -0.2) is 13.8 Å². The van der Waals surface area contributed by atoms with Gasteiger partial charge in [0.25, 0.3) is 5.91 Å². The number of hydrogen-bond donors (Lipinski definition) is 3. The van der Waals surface area contributed by atoms with Crippen LogP contribution in [0.2, 0.25) is 0 Å². The van der Waals surface area contributed by atoms with E-state index in [0.29, 0.717) is 18.5 Å². The topological polar surface area (TPSA) is 118 Å². The summed E-state index contributed by atoms with van der Waals surface area (Å²) in [5.74, 6) is -2.49. The normalized spacial score (nSPS) is 21.5. The molecule has 37 heavy (non-hydrogen) atoms. The first-order valence-corrected chi connectivity index (χ1v) is 12.7. The third kappa shape index (κ3) is 5.59. The molecule has 1 fully saturated rings. The van der Waals surface area contributed by atoms with Crippen molar-refractivity contribution >= 4 is 31.9 Å². The number of nitrogens with zero attached hydrogens (tertiary/aromatic N) is 2. The number of hydrogen-bond acceptors (Lipinski definition) is 6. The molecular formula is C27H29F2N4O3P. The zero-order valence-electron chi connectivity index (χ0n) is 20.5. The summed E-state index contributed by atoms with van der Waals surface area (Å²) >= 11 is 0. The highest BCUT2D eigenvalue weighted by Crippen LogP contribution is 2.38. The summed E-state index contributed by atoms with van der Waals surface area (Å²) in [5.41, 5.74) is 7.00. The fourth-order valence-corrected chi connectivity index (χ4v) is 5.32. The summed E-state index contributed by atoms with van der Waals surface area (Å²) in [6, 6.07) is 6.19. The van der Waals surface area contributed by atoms with Gasteiger partial charge < -0.3 is 16.2 Å². The van der Waals surface area contributed by atoms with Gasteiger partial charge in [0.1, 0.15) is 23.0 Å². The summed E-state index contributed by atoms with van der Waals surface area (Å²) in [4.78, 5) is 33.4. The van der Waals surface area contributed by atoms with E-state index in [-0.39, 0.29) is 57.9 Å². The largest absolute Gasteiger partial charge is 0.391 e. The van der Waals surface area contributed by atoms with Crippen LogP contribution < -0.4 is 16.4 Å². The van der Waals surface area contributed by atoms with Crippen LogP contribution >= 0.6 is 9.24 Å². The van der Waals surface area contributed by atoms with Gasteiger partial charge in [0.15, 0.2) is 5.78 Å². The number of halogens is 2. The number of nitrogens with two attached hydrogens (primary N) is 1. The Morgan fingerprint density at radius 2 is 1.95 bits per heavy atom. The lowest BCUT2D eigenvalue weighted by Crippen LogP contribution is -2.44. The number of aromatic nitrogens is 2. The van der Waals surface area contributed by atoms with E-state index in [9.17, 15) is 23.5 Å². The van der Waals surface area contributed by atoms with Crippen LogP contribution in [0.1, 0.15) is 65.4 Å². The van der Waals surface area contributed by atoms with Crippen molar-refractivity contribution in [2.75, 3.05) is 5.32 Å². The highest BCUT2D eigenvalue weighted by atomic mass is 31.0. The number of carbonyl (C=O) groups excluding carboxylic acids is 2. The van der Waals surface area contributed by atoms with E-state index >= 15 is 0 Å². The second-order valence-corrected chi connectivity index (χ2v) is 10.1. The Morgan fingerprint density at radius 3 is 2.62 bits per heavy atom. The van der Waals surface area contributed by atoms with Crippen molar-refractivity contribution in [3.05, 3.63) is 71.2 Å². The van der Waals surface area contributed by atoms with E-state index in [4.69, 9.17) is 5.73 Å². The molecule has 10 heteroatoms. The van der Waals surface area contributed by atoms with Crippen LogP contribution in [-0.4, -0.2) is 38.9 Å². The Balaban J connectivity index is 1.64. The molecule has 1 aliphatic carbocycles. The molecule has 0 bridgehead atoms. The average Bonchev–Trinajstić information content (AvgIpc) is 2.87. The molecule has 1 aliphatic rings. The van der Waals surface area contributed by atoms with E-state index < -0.39 is 23.6 Å². The van der Waals surface area contributed by atoms with Crippen LogP contribution in [0.3, 0.4) is 0 Å². The highest BCUT2D eigenvalue weighted by Gasteiger charge is 2.34. The van der Waals surface area contributed by atoms with Crippen LogP contribution in [0.25, 0.3) is 11.3 Å². The van der Waals surface area contributed by atoms with Crippen molar-refractivity contribution < 1.29 is 23.5 Å². The molecule has 1 unspecified atom stereocenters. The standard InChI is InChI=1S/C27H29F2N4O3P/c1-3-22(34)15-9-18(29)24(23(37)11-15)25-17(28)4-5-20(32-25)27(36)33-21-12-31-7-6-16(21)14-8-13(2)26(35)19(30)10-14/h4-7,9,11-14,19,26,35H,3,8,10,30,37H2,1-2H3,(H,33,36)/t13-,14+,19+,26+/m0/s1. The number of pyridine rings is 2. The van der Waals surface area contributed by atoms with Gasteiger partial charge >= 0.3 is 0 Å². The van der Waals surface area contributed by atoms with Crippen molar-refractivity contribution in [2.24, 2.45) is 11.7 Å². The molecule has 0 saturated heterocycles. The summed E-state index contributed by atoms with van der Waals surface area (Å²) in [6.07, 6.45) is 3.99. The molecule has 0 radical (unpaired) electrons. The van der Waals surface area contributed by atoms with Crippen LogP contribution in [0, 0.1) is 17.6 Å². The molecule has 2 heterocycles. The van der Waals surface area contributed by atoms with Gasteiger partial charge in [-0.2, -0.15) is 0 Å². The zero-order chi connectivity index (χ0) is 26.9. The molecule has 2 aromatic heterocycles. The maximum absolute atomic E-state index is 15.0. The number of carbonyl (C=O) groups is 2. The minimum absolute atomic E-state index is 0.00144. The number of rotatable bonds is 6. The first kappa shape index (κ1) is 26.9. The summed E-state index contributed by atoms with van der Waals surface area (Å²) in [5, 5.41) is 13.3. The number of amides is 1. The minimum Gasteiger partial charge on any atom is -0.391 e. The number of ketones is 1. The fourth-order valence-electron chi connectivity index (χ4n) is 4.87. The Hall–Kier alpha value is -3.13. The molecule has 7 nitrogen and oxygen atoms in total. The third-order valence-electron chi connectivity index (χ3n) is 6.86. The average molecular weight is 527 g/mol. The lowest BCUT2D eigenvalue weighted by atomic mass is 9.74. The minimum atomic E-state index is -0.812. The molecule has 0 spiro atoms. The first-order chi connectivity index (χ1) is 17.6. The Morgan fingerprint density at radius 1 is 1.19 bits per heavy atom. The lowest BCUT2D eigenvalue weighted by Gasteiger charge is -2.36. The van der Waals surface area contributed by atoms with Crippen molar-refractivity contribution in [3.8, 4) is 11.3 Å². The van der Waals surface area contributed by atoms with Gasteiger partial charge in [-0.15, -0.1) is 9.24 Å². The van der Waals surface area contributed by atoms with Crippen molar-refractivity contribution in [2.45, 2.75) is 51.2 Å². The second-order valence-electron chi connectivity index (χ2n) is 9.44. The van der Waals surface area contributed by atoms with E-state index in [0.717, 1.165) is 17.7 Å². The number of anilines is 1. The molecule has 1 aromatic carbocycles. The molecule has 1 amide bonds. The van der Waals surface area contributed by atoms with Crippen molar-refractivity contribution in [3.63, 3.8) is 0 Å². The lowest BCUT2D eigenvalue weighted by molar-refractivity contribution is 0.0521. The van der Waals surface area contributed by atoms with Crippen molar-refractivity contribution in [1.29, 1.82) is 0 Å². The number of benzene rings is 1. The van der Waals surface area contributed by atoms with Gasteiger partial charge in [-0.3, -0.25) is 14.6 Å². The number of aliphatic hydroxyl groups excluding tert-OH is 1. The number of Topliss-reactive ketones (excluding diaryl/α,β-unsaturated/α-hetero) is 1. The maximum Gasteiger partial charge on any atom is 0.274 e. The van der Waals surface area contributed by atoms with Crippen LogP contribution in [-0.2, 0) is 0 Å². The van der Waals surface area contributed by atoms with Gasteiger partial charge in [-0.1, -0.05) is 13.8 Å². The number of aliphatic hydroxyl groups is 1. The SMILES string of the molecule is CCC(=O)c1cc(F)c(-c2nc(C(=O)Nc3cnccc3[C@H]3C[C@@H](N)[C@H](O)[C@@H](C)C3)ccc2F)c(P)c1. The number of nitrogens with one attached hydrogen (secondary N) is 1. The molecule has 3 aromatic rings. The third-order valence-corrected chi connectivity index (χ3v) is 7.31. The molecule has 1 saturated carbocycles. The maximum atomic E-state index is 15.0. The molecule has 5 atom stereocenters. The predicted molar refractivity (Wildman–Crippen MR) is 141 cm³/mol. The van der Waals surface area contributed by atoms with Gasteiger partial charge in [0.2, 0.25) is 0 Å². The monoisotopic (exact) mass is 526 g/mol. The smallest absolute Gasteiger partial charge is 0.274 e. The molecule has 4 rings (SSSR count). The van der Waals surface area contributed by atoms with Gasteiger partial charge in [0, 0.05) is 29.8 Å². The van der Waals surface area contributed by atoms with Gasteiger partial charge in [0.05, 0.1) is 18.0 Å². The van der Waals surface area contributed by atoms with Crippen LogP contribution in [0.5, 0.6) is 0 Å². The Bertz CT molecular complexity index is 1320. The van der Waals surface area contributed by atoms with Gasteiger partial charge in [-0.05, 0) is 65.9 Å². The first-order valence-electron chi connectivity index (χ1n) is 12.1. The summed E-state index contributed by atoms with van der Waals surface area (Å²) < 4.78 is 29.8. The van der Waals surface area contributed by atoms with E-state index in [1.807, 2.05) is 6.92 Å². The van der Waals surface area contributed by atoms with E-state index in [2.05, 4.69) is 24.5 Å². The molecule has 4 N–H and O–H groups in total. The predicted octanol–water partition coefficient (Wildman–Crippen LogP) is 3.97. The highest BCUT2D eigenvalue weighted by molar-refractivity contribution is 7.28. The van der Waals surface area contributed by atoms with E-state index in [1.165, 1.54) is 18.3 Å². The Kier molecular flexibility index (Phi) is 8.07. The Labute approximate surface area is 216 Å². The molecule has 194 valence electrons. The summed E-state index contributed by atoms with van der Waals surface area (Å²) in [7, 11) is 2.30. The quantitative estimate of drug-likeness (QED) is 0.331. The zero-order valence-corrected chi connectivity index (χ0v) is 21.7. The second kappa shape index (κ2) is 11.1. The van der Waals surface area contributed by atoms with Crippen LogP contribution in [0.4, 0.5) is 14.5 Å². The van der Waals surface area contributed by atoms with Crippen LogP contribution in [0.15, 0.2) is 42.7 Å². The van der Waals surface area contributed by atoms with E-state index in [1.54, 1.807) is 19.2 Å². The molecular weight excluding hydrogens is 497 g/mol. The molecule has 0 aliphatic heterocycles. The fraction of sp³-hybridized carbons (Fsp3) is 0.333. The van der Waals surface area contributed by atoms with Crippen molar-refractivity contribution in [1.82, 2.24) is 9.97 Å².